The second kappa shape index (κ2) is 5.85. The highest BCUT2D eigenvalue weighted by molar-refractivity contribution is 6.00. The molecular weight excluding hydrogens is 316 g/mol. The number of anilines is 1. The Morgan fingerprint density at radius 1 is 1.20 bits per heavy atom. The van der Waals surface area contributed by atoms with Crippen molar-refractivity contribution in [1.82, 2.24) is 4.98 Å². The van der Waals surface area contributed by atoms with Crippen molar-refractivity contribution in [3.63, 3.8) is 0 Å². The molecule has 0 atom stereocenters. The summed E-state index contributed by atoms with van der Waals surface area (Å²) in [6.45, 7) is 2.54. The van der Waals surface area contributed by atoms with Crippen molar-refractivity contribution < 1.29 is 14.2 Å². The maximum Gasteiger partial charge on any atom is 0.221 e. The third-order valence-corrected chi connectivity index (χ3v) is 6.03. The standard InChI is InChI=1S/C20H24N2O3/c1-23-19-16-3-2-4-17-18(16)14(13-21-19)7-10-22(17)15-5-8-20(9-6-15)24-11-12-25-20/h2-4,13,15H,5-12H2,1H3. The minimum Gasteiger partial charge on any atom is -0.481 e. The van der Waals surface area contributed by atoms with Crippen LogP contribution in [0.3, 0.4) is 0 Å². The number of ether oxygens (including phenoxy) is 3. The Balaban J connectivity index is 1.48. The summed E-state index contributed by atoms with van der Waals surface area (Å²) in [7, 11) is 1.69. The van der Waals surface area contributed by atoms with E-state index in [1.165, 1.54) is 16.6 Å². The zero-order valence-electron chi connectivity index (χ0n) is 14.7. The summed E-state index contributed by atoms with van der Waals surface area (Å²) in [4.78, 5) is 7.08. The summed E-state index contributed by atoms with van der Waals surface area (Å²) in [6, 6.07) is 7.04. The molecule has 1 aromatic heterocycles. The highest BCUT2D eigenvalue weighted by Crippen LogP contribution is 2.42. The van der Waals surface area contributed by atoms with Gasteiger partial charge in [0.1, 0.15) is 0 Å². The third kappa shape index (κ3) is 2.41. The lowest BCUT2D eigenvalue weighted by molar-refractivity contribution is -0.178. The van der Waals surface area contributed by atoms with Crippen LogP contribution in [0.1, 0.15) is 31.2 Å². The minimum absolute atomic E-state index is 0.288. The molecule has 5 heteroatoms. The van der Waals surface area contributed by atoms with E-state index in [4.69, 9.17) is 14.2 Å². The molecule has 3 aliphatic rings. The first-order valence-electron chi connectivity index (χ1n) is 9.29. The lowest BCUT2D eigenvalue weighted by atomic mass is 9.87. The molecule has 0 bridgehead atoms. The molecule has 1 aliphatic carbocycles. The van der Waals surface area contributed by atoms with Gasteiger partial charge in [-0.25, -0.2) is 4.98 Å². The smallest absolute Gasteiger partial charge is 0.221 e. The fraction of sp³-hybridized carbons (Fsp3) is 0.550. The second-order valence-electron chi connectivity index (χ2n) is 7.27. The van der Waals surface area contributed by atoms with Crippen LogP contribution < -0.4 is 9.64 Å². The first kappa shape index (κ1) is 15.4. The molecule has 0 N–H and O–H groups in total. The van der Waals surface area contributed by atoms with E-state index in [0.717, 1.165) is 63.1 Å². The highest BCUT2D eigenvalue weighted by atomic mass is 16.7. The second-order valence-corrected chi connectivity index (χ2v) is 7.27. The van der Waals surface area contributed by atoms with Gasteiger partial charge in [-0.1, -0.05) is 6.07 Å². The number of methoxy groups -OCH3 is 1. The number of benzene rings is 1. The molecule has 2 aromatic rings. The maximum absolute atomic E-state index is 5.90. The van der Waals surface area contributed by atoms with Gasteiger partial charge in [0.05, 0.1) is 20.3 Å². The van der Waals surface area contributed by atoms with E-state index >= 15 is 0 Å². The van der Waals surface area contributed by atoms with Crippen molar-refractivity contribution in [2.45, 2.75) is 43.9 Å². The lowest BCUT2D eigenvalue weighted by Crippen LogP contribution is -2.46. The molecule has 2 aliphatic heterocycles. The van der Waals surface area contributed by atoms with Crippen LogP contribution in [0.5, 0.6) is 5.88 Å². The molecule has 1 saturated carbocycles. The van der Waals surface area contributed by atoms with E-state index in [1.54, 1.807) is 7.11 Å². The van der Waals surface area contributed by atoms with Crippen LogP contribution in [0.25, 0.3) is 10.8 Å². The summed E-state index contributed by atoms with van der Waals surface area (Å²) >= 11 is 0. The molecule has 0 amide bonds. The average Bonchev–Trinajstić information content (AvgIpc) is 3.11. The van der Waals surface area contributed by atoms with E-state index in [2.05, 4.69) is 28.1 Å². The van der Waals surface area contributed by atoms with Gasteiger partial charge in [0, 0.05) is 48.1 Å². The van der Waals surface area contributed by atoms with Crippen molar-refractivity contribution in [3.05, 3.63) is 30.0 Å². The van der Waals surface area contributed by atoms with E-state index < -0.39 is 0 Å². The Hall–Kier alpha value is -1.85. The van der Waals surface area contributed by atoms with Crippen molar-refractivity contribution in [2.24, 2.45) is 0 Å². The molecule has 0 radical (unpaired) electrons. The van der Waals surface area contributed by atoms with Gasteiger partial charge in [-0.15, -0.1) is 0 Å². The van der Waals surface area contributed by atoms with Gasteiger partial charge in [0.2, 0.25) is 5.88 Å². The molecule has 5 rings (SSSR count). The van der Waals surface area contributed by atoms with Gasteiger partial charge in [-0.05, 0) is 37.0 Å². The predicted octanol–water partition coefficient (Wildman–Crippen LogP) is 3.29. The van der Waals surface area contributed by atoms with Crippen LogP contribution in [0.4, 0.5) is 5.69 Å². The summed E-state index contributed by atoms with van der Waals surface area (Å²) < 4.78 is 17.3. The summed E-state index contributed by atoms with van der Waals surface area (Å²) in [5, 5.41) is 2.44. The van der Waals surface area contributed by atoms with Crippen LogP contribution in [0.15, 0.2) is 24.4 Å². The molecule has 1 saturated heterocycles. The van der Waals surface area contributed by atoms with E-state index in [-0.39, 0.29) is 5.79 Å². The van der Waals surface area contributed by atoms with Crippen LogP contribution in [-0.2, 0) is 15.9 Å². The van der Waals surface area contributed by atoms with Crippen molar-refractivity contribution >= 4 is 16.5 Å². The predicted molar refractivity (Wildman–Crippen MR) is 96.2 cm³/mol. The number of rotatable bonds is 2. The number of hydrogen-bond donors (Lipinski definition) is 0. The van der Waals surface area contributed by atoms with Crippen LogP contribution >= 0.6 is 0 Å². The monoisotopic (exact) mass is 340 g/mol. The normalized spacial score (nSPS) is 22.7. The number of nitrogens with zero attached hydrogens (tertiary/aromatic N) is 2. The van der Waals surface area contributed by atoms with Gasteiger partial charge < -0.3 is 19.1 Å². The first-order chi connectivity index (χ1) is 12.3. The minimum atomic E-state index is -0.288. The van der Waals surface area contributed by atoms with Gasteiger partial charge in [0.15, 0.2) is 5.79 Å². The Bertz CT molecular complexity index is 791. The van der Waals surface area contributed by atoms with Gasteiger partial charge in [-0.2, -0.15) is 0 Å². The number of hydrogen-bond acceptors (Lipinski definition) is 5. The molecule has 1 aromatic carbocycles. The maximum atomic E-state index is 5.90. The molecule has 3 heterocycles. The fourth-order valence-corrected chi connectivity index (χ4v) is 4.80. The summed E-state index contributed by atoms with van der Waals surface area (Å²) in [6.07, 6.45) is 7.26. The van der Waals surface area contributed by atoms with Gasteiger partial charge in [0.25, 0.3) is 0 Å². The molecule has 5 nitrogen and oxygen atoms in total. The Morgan fingerprint density at radius 2 is 2.00 bits per heavy atom. The zero-order valence-corrected chi connectivity index (χ0v) is 14.7. The Labute approximate surface area is 147 Å². The molecule has 132 valence electrons. The number of aromatic nitrogens is 1. The molecule has 25 heavy (non-hydrogen) atoms. The van der Waals surface area contributed by atoms with Crippen molar-refractivity contribution in [2.75, 3.05) is 31.8 Å². The average molecular weight is 340 g/mol. The Morgan fingerprint density at radius 3 is 2.76 bits per heavy atom. The molecular formula is C20H24N2O3. The zero-order chi connectivity index (χ0) is 16.9. The van der Waals surface area contributed by atoms with Crippen molar-refractivity contribution in [3.8, 4) is 5.88 Å². The molecule has 1 spiro atoms. The van der Waals surface area contributed by atoms with E-state index in [9.17, 15) is 0 Å². The van der Waals surface area contributed by atoms with E-state index in [0.29, 0.717) is 6.04 Å². The lowest BCUT2D eigenvalue weighted by Gasteiger charge is -2.43. The fourth-order valence-electron chi connectivity index (χ4n) is 4.80. The SMILES string of the molecule is COc1ncc2c3c(cccc13)N(C1CCC3(CC1)OCCO3)CC2. The van der Waals surface area contributed by atoms with Crippen LogP contribution in [-0.4, -0.2) is 43.7 Å². The third-order valence-electron chi connectivity index (χ3n) is 6.03. The molecule has 0 unspecified atom stereocenters. The first-order valence-corrected chi connectivity index (χ1v) is 9.29. The van der Waals surface area contributed by atoms with Gasteiger partial charge in [-0.3, -0.25) is 0 Å². The summed E-state index contributed by atoms with van der Waals surface area (Å²) in [5.74, 6) is 0.432. The topological polar surface area (TPSA) is 43.8 Å². The van der Waals surface area contributed by atoms with E-state index in [1.807, 2.05) is 6.20 Å². The largest absolute Gasteiger partial charge is 0.481 e. The van der Waals surface area contributed by atoms with Crippen LogP contribution in [0.2, 0.25) is 0 Å². The Kier molecular flexibility index (Phi) is 3.61. The van der Waals surface area contributed by atoms with Crippen LogP contribution in [0, 0.1) is 0 Å². The quantitative estimate of drug-likeness (QED) is 0.839. The molecule has 2 fully saturated rings. The number of pyridine rings is 1. The summed E-state index contributed by atoms with van der Waals surface area (Å²) in [5.41, 5.74) is 2.66. The van der Waals surface area contributed by atoms with Crippen molar-refractivity contribution in [1.29, 1.82) is 0 Å². The van der Waals surface area contributed by atoms with Gasteiger partial charge >= 0.3 is 0 Å². The highest BCUT2D eigenvalue weighted by Gasteiger charge is 2.42.